The van der Waals surface area contributed by atoms with E-state index in [0.29, 0.717) is 12.3 Å². The van der Waals surface area contributed by atoms with Crippen LogP contribution in [0, 0.1) is 0 Å². The summed E-state index contributed by atoms with van der Waals surface area (Å²) in [5.41, 5.74) is 0. The Hall–Kier alpha value is -0.790. The van der Waals surface area contributed by atoms with Crippen LogP contribution in [0.4, 0.5) is 0 Å². The van der Waals surface area contributed by atoms with Gasteiger partial charge in [0.2, 0.25) is 5.91 Å². The maximum absolute atomic E-state index is 11.3. The lowest BCUT2D eigenvalue weighted by molar-refractivity contribution is -0.131. The Morgan fingerprint density at radius 2 is 2.18 bits per heavy atom. The Bertz CT molecular complexity index is 163. The molecule has 62 valence electrons. The Morgan fingerprint density at radius 3 is 2.91 bits per heavy atom. The van der Waals surface area contributed by atoms with Crippen LogP contribution in [0.2, 0.25) is 0 Å². The van der Waals surface area contributed by atoms with E-state index in [1.165, 1.54) is 0 Å². The van der Waals surface area contributed by atoms with Gasteiger partial charge in [0.15, 0.2) is 0 Å². The lowest BCUT2D eigenvalue weighted by atomic mass is 10.2. The number of allylic oxidation sites excluding steroid dienone is 1. The molecule has 0 bridgehead atoms. The first kappa shape index (κ1) is 8.31. The number of amides is 1. The zero-order chi connectivity index (χ0) is 8.10. The molecule has 0 saturated carbocycles. The molecule has 0 aromatic carbocycles. The van der Waals surface area contributed by atoms with Crippen molar-refractivity contribution in [3.8, 4) is 0 Å². The molecule has 0 fully saturated rings. The molecule has 2 heteroatoms. The van der Waals surface area contributed by atoms with Crippen LogP contribution in [-0.2, 0) is 4.79 Å². The quantitative estimate of drug-likeness (QED) is 0.524. The molecular weight excluding hydrogens is 138 g/mol. The van der Waals surface area contributed by atoms with Crippen molar-refractivity contribution in [2.45, 2.75) is 26.2 Å². The molecule has 0 aromatic rings. The Labute approximate surface area is 67.9 Å². The molecule has 0 saturated heterocycles. The predicted molar refractivity (Wildman–Crippen MR) is 45.2 cm³/mol. The van der Waals surface area contributed by atoms with Gasteiger partial charge in [0, 0.05) is 19.5 Å². The van der Waals surface area contributed by atoms with Crippen molar-refractivity contribution >= 4 is 5.91 Å². The molecule has 0 spiro atoms. The first-order chi connectivity index (χ1) is 5.34. The fraction of sp³-hybridized carbons (Fsp3) is 0.667. The summed E-state index contributed by atoms with van der Waals surface area (Å²) in [5.74, 6) is 0.303. The third kappa shape index (κ3) is 2.37. The third-order valence-corrected chi connectivity index (χ3v) is 1.99. The smallest absolute Gasteiger partial charge is 0.222 e. The van der Waals surface area contributed by atoms with E-state index in [9.17, 15) is 4.79 Å². The zero-order valence-electron chi connectivity index (χ0n) is 7.05. The standard InChI is InChI=1S/C9H15NO/c1-2-10-8-6-4-3-5-7-9(10)11/h3-4H,2,5-8H2,1H3/b4-3-. The lowest BCUT2D eigenvalue weighted by Gasteiger charge is -2.20. The van der Waals surface area contributed by atoms with Gasteiger partial charge in [0.25, 0.3) is 0 Å². The van der Waals surface area contributed by atoms with E-state index in [4.69, 9.17) is 0 Å². The first-order valence-electron chi connectivity index (χ1n) is 4.27. The highest BCUT2D eigenvalue weighted by atomic mass is 16.2. The average molecular weight is 153 g/mol. The molecule has 1 aliphatic rings. The van der Waals surface area contributed by atoms with E-state index in [2.05, 4.69) is 12.2 Å². The van der Waals surface area contributed by atoms with E-state index < -0.39 is 0 Å². The van der Waals surface area contributed by atoms with Crippen LogP contribution in [0.15, 0.2) is 12.2 Å². The van der Waals surface area contributed by atoms with Crippen molar-refractivity contribution < 1.29 is 4.79 Å². The summed E-state index contributed by atoms with van der Waals surface area (Å²) in [5, 5.41) is 0. The molecule has 1 amide bonds. The minimum Gasteiger partial charge on any atom is -0.343 e. The summed E-state index contributed by atoms with van der Waals surface area (Å²) < 4.78 is 0. The molecule has 1 aliphatic heterocycles. The fourth-order valence-electron chi connectivity index (χ4n) is 1.29. The highest BCUT2D eigenvalue weighted by Crippen LogP contribution is 2.04. The van der Waals surface area contributed by atoms with Gasteiger partial charge in [-0.15, -0.1) is 0 Å². The molecular formula is C9H15NO. The van der Waals surface area contributed by atoms with Crippen molar-refractivity contribution in [2.24, 2.45) is 0 Å². The van der Waals surface area contributed by atoms with E-state index in [-0.39, 0.29) is 0 Å². The largest absolute Gasteiger partial charge is 0.343 e. The van der Waals surface area contributed by atoms with Crippen molar-refractivity contribution in [3.05, 3.63) is 12.2 Å². The molecule has 0 aliphatic carbocycles. The molecule has 11 heavy (non-hydrogen) atoms. The maximum Gasteiger partial charge on any atom is 0.222 e. The summed E-state index contributed by atoms with van der Waals surface area (Å²) in [6, 6.07) is 0. The van der Waals surface area contributed by atoms with Gasteiger partial charge in [-0.2, -0.15) is 0 Å². The maximum atomic E-state index is 11.3. The van der Waals surface area contributed by atoms with E-state index in [0.717, 1.165) is 25.9 Å². The number of carbonyl (C=O) groups excluding carboxylic acids is 1. The fourth-order valence-corrected chi connectivity index (χ4v) is 1.29. The lowest BCUT2D eigenvalue weighted by Crippen LogP contribution is -2.31. The topological polar surface area (TPSA) is 20.3 Å². The van der Waals surface area contributed by atoms with Gasteiger partial charge < -0.3 is 4.90 Å². The Kier molecular flexibility index (Phi) is 3.14. The van der Waals surface area contributed by atoms with Crippen LogP contribution in [0.25, 0.3) is 0 Å². The highest BCUT2D eigenvalue weighted by molar-refractivity contribution is 5.76. The predicted octanol–water partition coefficient (Wildman–Crippen LogP) is 1.57. The number of carbonyl (C=O) groups is 1. The van der Waals surface area contributed by atoms with Gasteiger partial charge in [-0.1, -0.05) is 12.2 Å². The van der Waals surface area contributed by atoms with Crippen molar-refractivity contribution in [2.75, 3.05) is 13.1 Å². The summed E-state index contributed by atoms with van der Waals surface area (Å²) in [4.78, 5) is 13.2. The second-order valence-corrected chi connectivity index (χ2v) is 2.77. The zero-order valence-corrected chi connectivity index (χ0v) is 7.05. The van der Waals surface area contributed by atoms with Crippen LogP contribution in [-0.4, -0.2) is 23.9 Å². The van der Waals surface area contributed by atoms with Gasteiger partial charge in [-0.05, 0) is 19.8 Å². The Balaban J connectivity index is 2.50. The number of hydrogen-bond acceptors (Lipinski definition) is 1. The number of nitrogens with zero attached hydrogens (tertiary/aromatic N) is 1. The summed E-state index contributed by atoms with van der Waals surface area (Å²) in [6.07, 6.45) is 6.87. The van der Waals surface area contributed by atoms with Gasteiger partial charge in [-0.3, -0.25) is 4.79 Å². The summed E-state index contributed by atoms with van der Waals surface area (Å²) >= 11 is 0. The van der Waals surface area contributed by atoms with Gasteiger partial charge in [0.1, 0.15) is 0 Å². The van der Waals surface area contributed by atoms with Gasteiger partial charge in [-0.25, -0.2) is 0 Å². The average Bonchev–Trinajstić information content (AvgIpc) is 1.98. The molecule has 0 atom stereocenters. The monoisotopic (exact) mass is 153 g/mol. The van der Waals surface area contributed by atoms with E-state index >= 15 is 0 Å². The minimum atomic E-state index is 0.303. The molecule has 1 rings (SSSR count). The molecule has 0 aromatic heterocycles. The summed E-state index contributed by atoms with van der Waals surface area (Å²) in [6.45, 7) is 3.78. The Morgan fingerprint density at radius 1 is 1.45 bits per heavy atom. The van der Waals surface area contributed by atoms with Crippen molar-refractivity contribution in [1.82, 2.24) is 4.90 Å². The molecule has 1 heterocycles. The van der Waals surface area contributed by atoms with Crippen LogP contribution < -0.4 is 0 Å². The molecule has 0 N–H and O–H groups in total. The molecule has 2 nitrogen and oxygen atoms in total. The van der Waals surface area contributed by atoms with Crippen molar-refractivity contribution in [1.29, 1.82) is 0 Å². The molecule has 0 unspecified atom stereocenters. The second kappa shape index (κ2) is 4.16. The van der Waals surface area contributed by atoms with Crippen LogP contribution in [0.5, 0.6) is 0 Å². The minimum absolute atomic E-state index is 0.303. The van der Waals surface area contributed by atoms with E-state index in [1.54, 1.807) is 0 Å². The first-order valence-corrected chi connectivity index (χ1v) is 4.27. The number of hydrogen-bond donors (Lipinski definition) is 0. The normalized spacial score (nSPS) is 22.6. The second-order valence-electron chi connectivity index (χ2n) is 2.77. The van der Waals surface area contributed by atoms with E-state index in [1.807, 2.05) is 11.8 Å². The summed E-state index contributed by atoms with van der Waals surface area (Å²) in [7, 11) is 0. The van der Waals surface area contributed by atoms with Gasteiger partial charge in [0.05, 0.1) is 0 Å². The van der Waals surface area contributed by atoms with Gasteiger partial charge >= 0.3 is 0 Å². The molecule has 0 radical (unpaired) electrons. The van der Waals surface area contributed by atoms with Crippen molar-refractivity contribution in [3.63, 3.8) is 0 Å². The van der Waals surface area contributed by atoms with Crippen LogP contribution in [0.1, 0.15) is 26.2 Å². The highest BCUT2D eigenvalue weighted by Gasteiger charge is 2.10. The van der Waals surface area contributed by atoms with Crippen LogP contribution >= 0.6 is 0 Å². The van der Waals surface area contributed by atoms with Crippen LogP contribution in [0.3, 0.4) is 0 Å². The third-order valence-electron chi connectivity index (χ3n) is 1.99. The number of rotatable bonds is 1. The SMILES string of the molecule is CCN1CC/C=C\CCC1=O.